The van der Waals surface area contributed by atoms with Gasteiger partial charge in [-0.1, -0.05) is 17.3 Å². The van der Waals surface area contributed by atoms with E-state index in [0.717, 1.165) is 16.7 Å². The monoisotopic (exact) mass is 267 g/mol. The minimum atomic E-state index is 0.345. The van der Waals surface area contributed by atoms with Crippen molar-refractivity contribution in [2.45, 2.75) is 0 Å². The molecular weight excluding hydrogens is 254 g/mol. The molecule has 2 N–H and O–H groups in total. The van der Waals surface area contributed by atoms with Gasteiger partial charge in [0.05, 0.1) is 18.2 Å². The van der Waals surface area contributed by atoms with Gasteiger partial charge in [-0.25, -0.2) is 0 Å². The second-order valence-corrected chi connectivity index (χ2v) is 4.21. The van der Waals surface area contributed by atoms with Gasteiger partial charge in [0.25, 0.3) is 0 Å². The fraction of sp³-hybridized carbons (Fsp3) is 0.0667. The number of pyridine rings is 1. The highest BCUT2D eigenvalue weighted by Crippen LogP contribution is 2.39. The SMILES string of the molecule is COc1ccccc1-c1onc(N)c1-c1ccncc1. The van der Waals surface area contributed by atoms with E-state index in [4.69, 9.17) is 15.0 Å². The predicted octanol–water partition coefficient (Wildman–Crippen LogP) is 2.99. The highest BCUT2D eigenvalue weighted by atomic mass is 16.5. The molecule has 0 atom stereocenters. The number of benzene rings is 1. The molecule has 1 aromatic carbocycles. The summed E-state index contributed by atoms with van der Waals surface area (Å²) in [6, 6.07) is 11.3. The summed E-state index contributed by atoms with van der Waals surface area (Å²) in [5.74, 6) is 1.64. The number of nitrogens with zero attached hydrogens (tertiary/aromatic N) is 2. The topological polar surface area (TPSA) is 74.2 Å². The molecule has 0 aliphatic heterocycles. The van der Waals surface area contributed by atoms with Crippen molar-refractivity contribution in [2.24, 2.45) is 0 Å². The van der Waals surface area contributed by atoms with Gasteiger partial charge in [-0.15, -0.1) is 0 Å². The molecule has 0 bridgehead atoms. The molecule has 100 valence electrons. The molecule has 0 amide bonds. The maximum Gasteiger partial charge on any atom is 0.180 e. The lowest BCUT2D eigenvalue weighted by molar-refractivity contribution is 0.407. The first-order chi connectivity index (χ1) is 9.81. The van der Waals surface area contributed by atoms with Crippen molar-refractivity contribution < 1.29 is 9.26 Å². The van der Waals surface area contributed by atoms with Crippen LogP contribution in [0.15, 0.2) is 53.3 Å². The number of hydrogen-bond acceptors (Lipinski definition) is 5. The normalized spacial score (nSPS) is 10.4. The summed E-state index contributed by atoms with van der Waals surface area (Å²) >= 11 is 0. The van der Waals surface area contributed by atoms with Gasteiger partial charge in [0.15, 0.2) is 11.6 Å². The van der Waals surface area contributed by atoms with E-state index in [0.29, 0.717) is 17.3 Å². The smallest absolute Gasteiger partial charge is 0.180 e. The van der Waals surface area contributed by atoms with E-state index >= 15 is 0 Å². The molecule has 0 unspecified atom stereocenters. The Morgan fingerprint density at radius 3 is 2.60 bits per heavy atom. The van der Waals surface area contributed by atoms with Crippen molar-refractivity contribution in [1.29, 1.82) is 0 Å². The fourth-order valence-corrected chi connectivity index (χ4v) is 2.12. The Morgan fingerprint density at radius 2 is 1.85 bits per heavy atom. The van der Waals surface area contributed by atoms with Crippen molar-refractivity contribution in [2.75, 3.05) is 12.8 Å². The zero-order valence-electron chi connectivity index (χ0n) is 10.9. The lowest BCUT2D eigenvalue weighted by Gasteiger charge is -2.07. The minimum Gasteiger partial charge on any atom is -0.496 e. The lowest BCUT2D eigenvalue weighted by Crippen LogP contribution is -1.91. The summed E-state index contributed by atoms with van der Waals surface area (Å²) in [6.07, 6.45) is 3.40. The van der Waals surface area contributed by atoms with E-state index in [1.54, 1.807) is 19.5 Å². The standard InChI is InChI=1S/C15H13N3O2/c1-19-12-5-3-2-4-11(12)14-13(15(16)18-20-14)10-6-8-17-9-7-10/h2-9H,1H3,(H2,16,18). The van der Waals surface area contributed by atoms with E-state index in [9.17, 15) is 0 Å². The summed E-state index contributed by atoms with van der Waals surface area (Å²) in [7, 11) is 1.62. The van der Waals surface area contributed by atoms with Crippen LogP contribution in [0.2, 0.25) is 0 Å². The van der Waals surface area contributed by atoms with Crippen LogP contribution in [0.4, 0.5) is 5.82 Å². The molecule has 0 aliphatic carbocycles. The first kappa shape index (κ1) is 12.2. The third-order valence-electron chi connectivity index (χ3n) is 3.04. The van der Waals surface area contributed by atoms with Crippen LogP contribution in [0.3, 0.4) is 0 Å². The van der Waals surface area contributed by atoms with Crippen LogP contribution in [-0.2, 0) is 0 Å². The Morgan fingerprint density at radius 1 is 1.10 bits per heavy atom. The number of rotatable bonds is 3. The Balaban J connectivity index is 2.22. The Hall–Kier alpha value is -2.82. The molecule has 5 heteroatoms. The Labute approximate surface area is 116 Å². The van der Waals surface area contributed by atoms with Gasteiger partial charge in [-0.05, 0) is 29.8 Å². The maximum atomic E-state index is 5.94. The van der Waals surface area contributed by atoms with Crippen LogP contribution >= 0.6 is 0 Å². The van der Waals surface area contributed by atoms with Crippen molar-refractivity contribution in [3.63, 3.8) is 0 Å². The zero-order chi connectivity index (χ0) is 13.9. The molecule has 0 saturated heterocycles. The number of ether oxygens (including phenoxy) is 1. The molecule has 0 radical (unpaired) electrons. The van der Waals surface area contributed by atoms with Crippen LogP contribution in [0.1, 0.15) is 0 Å². The van der Waals surface area contributed by atoms with Crippen molar-refractivity contribution in [3.8, 4) is 28.2 Å². The minimum absolute atomic E-state index is 0.345. The second kappa shape index (κ2) is 5.05. The summed E-state index contributed by atoms with van der Waals surface area (Å²) in [5, 5.41) is 3.87. The van der Waals surface area contributed by atoms with Crippen molar-refractivity contribution in [1.82, 2.24) is 10.1 Å². The van der Waals surface area contributed by atoms with Gasteiger partial charge in [0.1, 0.15) is 5.75 Å². The molecule has 0 fully saturated rings. The van der Waals surface area contributed by atoms with Gasteiger partial charge in [-0.2, -0.15) is 0 Å². The second-order valence-electron chi connectivity index (χ2n) is 4.21. The molecule has 0 spiro atoms. The fourth-order valence-electron chi connectivity index (χ4n) is 2.12. The number of para-hydroxylation sites is 1. The summed E-state index contributed by atoms with van der Waals surface area (Å²) in [6.45, 7) is 0. The third-order valence-corrected chi connectivity index (χ3v) is 3.04. The molecule has 2 heterocycles. The average Bonchev–Trinajstić information content (AvgIpc) is 2.89. The van der Waals surface area contributed by atoms with E-state index in [1.165, 1.54) is 0 Å². The van der Waals surface area contributed by atoms with E-state index < -0.39 is 0 Å². The highest BCUT2D eigenvalue weighted by Gasteiger charge is 2.20. The molecule has 0 saturated carbocycles. The van der Waals surface area contributed by atoms with Gasteiger partial charge in [-0.3, -0.25) is 4.98 Å². The highest BCUT2D eigenvalue weighted by molar-refractivity contribution is 5.88. The third kappa shape index (κ3) is 1.99. The molecule has 3 rings (SSSR count). The van der Waals surface area contributed by atoms with Gasteiger partial charge in [0.2, 0.25) is 0 Å². The van der Waals surface area contributed by atoms with Crippen LogP contribution in [0.5, 0.6) is 5.75 Å². The Kier molecular flexibility index (Phi) is 3.09. The van der Waals surface area contributed by atoms with Gasteiger partial charge >= 0.3 is 0 Å². The van der Waals surface area contributed by atoms with Gasteiger partial charge in [0, 0.05) is 12.4 Å². The Bertz CT molecular complexity index is 723. The number of nitrogens with two attached hydrogens (primary N) is 1. The number of nitrogen functional groups attached to an aromatic ring is 1. The number of anilines is 1. The first-order valence-corrected chi connectivity index (χ1v) is 6.10. The maximum absolute atomic E-state index is 5.94. The van der Waals surface area contributed by atoms with Crippen molar-refractivity contribution >= 4 is 5.82 Å². The van der Waals surface area contributed by atoms with E-state index in [-0.39, 0.29) is 0 Å². The van der Waals surface area contributed by atoms with Crippen LogP contribution in [-0.4, -0.2) is 17.3 Å². The average molecular weight is 267 g/mol. The first-order valence-electron chi connectivity index (χ1n) is 6.10. The molecule has 20 heavy (non-hydrogen) atoms. The summed E-state index contributed by atoms with van der Waals surface area (Å²) in [5.41, 5.74) is 8.40. The lowest BCUT2D eigenvalue weighted by atomic mass is 10.0. The zero-order valence-corrected chi connectivity index (χ0v) is 10.9. The molecule has 3 aromatic rings. The van der Waals surface area contributed by atoms with Crippen LogP contribution < -0.4 is 10.5 Å². The van der Waals surface area contributed by atoms with Gasteiger partial charge < -0.3 is 15.0 Å². The van der Waals surface area contributed by atoms with Crippen LogP contribution in [0, 0.1) is 0 Å². The summed E-state index contributed by atoms with van der Waals surface area (Å²) < 4.78 is 10.8. The molecule has 0 aliphatic rings. The van der Waals surface area contributed by atoms with E-state index in [2.05, 4.69) is 10.1 Å². The predicted molar refractivity (Wildman–Crippen MR) is 76.1 cm³/mol. The quantitative estimate of drug-likeness (QED) is 0.789. The van der Waals surface area contributed by atoms with Crippen molar-refractivity contribution in [3.05, 3.63) is 48.8 Å². The number of methoxy groups -OCH3 is 1. The molecular formula is C15H13N3O2. The summed E-state index contributed by atoms with van der Waals surface area (Å²) in [4.78, 5) is 4.00. The molecule has 2 aromatic heterocycles. The molecule has 5 nitrogen and oxygen atoms in total. The number of hydrogen-bond donors (Lipinski definition) is 1. The van der Waals surface area contributed by atoms with Crippen LogP contribution in [0.25, 0.3) is 22.5 Å². The van der Waals surface area contributed by atoms with E-state index in [1.807, 2.05) is 36.4 Å². The number of aromatic nitrogens is 2. The largest absolute Gasteiger partial charge is 0.496 e.